The molecular formula is C24H23N5O. The van der Waals surface area contributed by atoms with Crippen LogP contribution in [0.2, 0.25) is 0 Å². The third kappa shape index (κ3) is 3.52. The summed E-state index contributed by atoms with van der Waals surface area (Å²) < 4.78 is 1.93. The van der Waals surface area contributed by atoms with Gasteiger partial charge < -0.3 is 14.4 Å². The molecule has 0 aliphatic carbocycles. The van der Waals surface area contributed by atoms with Crippen LogP contribution in [0.4, 0.5) is 5.69 Å². The monoisotopic (exact) mass is 397 g/mol. The minimum atomic E-state index is 0.137. The van der Waals surface area contributed by atoms with E-state index < -0.39 is 0 Å². The van der Waals surface area contributed by atoms with E-state index in [-0.39, 0.29) is 5.91 Å². The second-order valence-corrected chi connectivity index (χ2v) is 7.49. The molecule has 0 atom stereocenters. The highest BCUT2D eigenvalue weighted by Gasteiger charge is 2.23. The molecule has 4 heterocycles. The van der Waals surface area contributed by atoms with E-state index >= 15 is 0 Å². The van der Waals surface area contributed by atoms with E-state index in [0.717, 1.165) is 29.7 Å². The lowest BCUT2D eigenvalue weighted by Crippen LogP contribution is -2.49. The molecule has 1 saturated heterocycles. The molecule has 0 radical (unpaired) electrons. The number of pyridine rings is 2. The van der Waals surface area contributed by atoms with Crippen LogP contribution in [0.5, 0.6) is 0 Å². The average molecular weight is 397 g/mol. The van der Waals surface area contributed by atoms with Crippen LogP contribution in [0, 0.1) is 0 Å². The minimum absolute atomic E-state index is 0.137. The smallest absolute Gasteiger partial charge is 0.242 e. The summed E-state index contributed by atoms with van der Waals surface area (Å²) in [5, 5.41) is 1.06. The van der Waals surface area contributed by atoms with Crippen molar-refractivity contribution in [2.75, 3.05) is 31.1 Å². The third-order valence-corrected chi connectivity index (χ3v) is 5.68. The largest absolute Gasteiger partial charge is 0.367 e. The van der Waals surface area contributed by atoms with Crippen molar-refractivity contribution in [3.63, 3.8) is 0 Å². The zero-order valence-electron chi connectivity index (χ0n) is 16.7. The Bertz CT molecular complexity index is 1160. The highest BCUT2D eigenvalue weighted by Crippen LogP contribution is 2.30. The first-order valence-corrected chi connectivity index (χ1v) is 10.2. The maximum Gasteiger partial charge on any atom is 0.242 e. The average Bonchev–Trinajstić information content (AvgIpc) is 3.22. The molecule has 0 saturated carbocycles. The number of para-hydroxylation sites is 1. The predicted molar refractivity (Wildman–Crippen MR) is 118 cm³/mol. The van der Waals surface area contributed by atoms with Crippen LogP contribution >= 0.6 is 0 Å². The van der Waals surface area contributed by atoms with Gasteiger partial charge in [-0.2, -0.15) is 0 Å². The molecule has 1 fully saturated rings. The van der Waals surface area contributed by atoms with E-state index in [1.165, 1.54) is 11.3 Å². The number of hydrogen-bond donors (Lipinski definition) is 0. The number of carbonyl (C=O) groups is 1. The van der Waals surface area contributed by atoms with E-state index in [4.69, 9.17) is 0 Å². The Balaban J connectivity index is 1.27. The summed E-state index contributed by atoms with van der Waals surface area (Å²) in [5.74, 6) is 0.137. The van der Waals surface area contributed by atoms with Crippen LogP contribution in [0.1, 0.15) is 0 Å². The van der Waals surface area contributed by atoms with Crippen LogP contribution in [0.3, 0.4) is 0 Å². The van der Waals surface area contributed by atoms with Crippen molar-refractivity contribution in [2.24, 2.45) is 0 Å². The second kappa shape index (κ2) is 7.99. The first-order chi connectivity index (χ1) is 14.8. The normalized spacial score (nSPS) is 14.3. The number of nitrogens with zero attached hydrogens (tertiary/aromatic N) is 5. The molecule has 150 valence electrons. The first-order valence-electron chi connectivity index (χ1n) is 10.2. The zero-order chi connectivity index (χ0) is 20.3. The summed E-state index contributed by atoms with van der Waals surface area (Å²) in [6.45, 7) is 3.38. The Morgan fingerprint density at radius 2 is 1.73 bits per heavy atom. The van der Waals surface area contributed by atoms with Crippen LogP contribution < -0.4 is 4.90 Å². The lowest BCUT2D eigenvalue weighted by Gasteiger charge is -2.37. The van der Waals surface area contributed by atoms with Gasteiger partial charge in [-0.15, -0.1) is 0 Å². The standard InChI is InChI=1S/C24H23N5O/c30-23(18-29-12-9-19-5-4-11-26-24(19)29)28-15-13-27(14-16-28)22-8-2-1-7-21(22)20-6-3-10-25-17-20/h1-12,17H,13-16,18H2. The SMILES string of the molecule is O=C(Cn1ccc2cccnc21)N1CCN(c2ccccc2-c2cccnc2)CC1. The topological polar surface area (TPSA) is 54.3 Å². The molecule has 5 rings (SSSR count). The van der Waals surface area contributed by atoms with Crippen LogP contribution in [-0.4, -0.2) is 51.5 Å². The highest BCUT2D eigenvalue weighted by molar-refractivity contribution is 5.82. The molecule has 1 aliphatic heterocycles. The summed E-state index contributed by atoms with van der Waals surface area (Å²) in [4.78, 5) is 25.9. The Morgan fingerprint density at radius 1 is 0.900 bits per heavy atom. The molecule has 1 amide bonds. The van der Waals surface area contributed by atoms with E-state index in [0.29, 0.717) is 19.6 Å². The van der Waals surface area contributed by atoms with E-state index in [9.17, 15) is 4.79 Å². The molecule has 4 aromatic rings. The third-order valence-electron chi connectivity index (χ3n) is 5.68. The Labute approximate surface area is 175 Å². The summed E-state index contributed by atoms with van der Waals surface area (Å²) in [5.41, 5.74) is 4.34. The van der Waals surface area contributed by atoms with Gasteiger partial charge in [0.1, 0.15) is 12.2 Å². The zero-order valence-corrected chi connectivity index (χ0v) is 16.7. The maximum absolute atomic E-state index is 12.9. The number of fused-ring (bicyclic) bond motifs is 1. The fourth-order valence-corrected chi connectivity index (χ4v) is 4.11. The van der Waals surface area contributed by atoms with E-state index in [1.807, 2.05) is 46.1 Å². The van der Waals surface area contributed by atoms with Crippen molar-refractivity contribution in [2.45, 2.75) is 6.54 Å². The number of hydrogen-bond acceptors (Lipinski definition) is 4. The van der Waals surface area contributed by atoms with Crippen molar-refractivity contribution in [3.05, 3.63) is 79.4 Å². The fraction of sp³-hybridized carbons (Fsp3) is 0.208. The second-order valence-electron chi connectivity index (χ2n) is 7.49. The summed E-state index contributed by atoms with van der Waals surface area (Å²) in [6.07, 6.45) is 7.39. The molecule has 0 bridgehead atoms. The summed E-state index contributed by atoms with van der Waals surface area (Å²) in [7, 11) is 0. The van der Waals surface area contributed by atoms with Gasteiger partial charge >= 0.3 is 0 Å². The van der Waals surface area contributed by atoms with Gasteiger partial charge in [0.15, 0.2) is 0 Å². The van der Waals surface area contributed by atoms with Gasteiger partial charge in [-0.25, -0.2) is 4.98 Å². The molecule has 0 spiro atoms. The molecule has 30 heavy (non-hydrogen) atoms. The minimum Gasteiger partial charge on any atom is -0.367 e. The Morgan fingerprint density at radius 3 is 2.57 bits per heavy atom. The van der Waals surface area contributed by atoms with Gasteiger partial charge in [-0.1, -0.05) is 24.3 Å². The quantitative estimate of drug-likeness (QED) is 0.529. The van der Waals surface area contributed by atoms with Crippen LogP contribution in [0.25, 0.3) is 22.2 Å². The molecule has 6 nitrogen and oxygen atoms in total. The lowest BCUT2D eigenvalue weighted by atomic mass is 10.0. The van der Waals surface area contributed by atoms with Crippen molar-refractivity contribution in [1.82, 2.24) is 19.4 Å². The van der Waals surface area contributed by atoms with Crippen LogP contribution in [-0.2, 0) is 11.3 Å². The molecule has 0 N–H and O–H groups in total. The number of amides is 1. The van der Waals surface area contributed by atoms with Gasteiger partial charge in [0, 0.05) is 73.2 Å². The first kappa shape index (κ1) is 18.4. The Hall–Kier alpha value is -3.67. The number of carbonyl (C=O) groups excluding carboxylic acids is 1. The molecular weight excluding hydrogens is 374 g/mol. The molecule has 3 aromatic heterocycles. The maximum atomic E-state index is 12.9. The number of aromatic nitrogens is 3. The molecule has 1 aliphatic rings. The highest BCUT2D eigenvalue weighted by atomic mass is 16.2. The molecule has 0 unspecified atom stereocenters. The van der Waals surface area contributed by atoms with Gasteiger partial charge in [0.2, 0.25) is 5.91 Å². The predicted octanol–water partition coefficient (Wildman–Crippen LogP) is 3.45. The number of piperazine rings is 1. The fourth-order valence-electron chi connectivity index (χ4n) is 4.11. The lowest BCUT2D eigenvalue weighted by molar-refractivity contribution is -0.132. The van der Waals surface area contributed by atoms with E-state index in [1.54, 1.807) is 12.4 Å². The van der Waals surface area contributed by atoms with Gasteiger partial charge in [0.05, 0.1) is 0 Å². The van der Waals surface area contributed by atoms with Crippen LogP contribution in [0.15, 0.2) is 79.4 Å². The van der Waals surface area contributed by atoms with Crippen molar-refractivity contribution >= 4 is 22.6 Å². The molecule has 1 aromatic carbocycles. The van der Waals surface area contributed by atoms with Gasteiger partial charge in [-0.3, -0.25) is 9.78 Å². The van der Waals surface area contributed by atoms with Crippen molar-refractivity contribution < 1.29 is 4.79 Å². The summed E-state index contributed by atoms with van der Waals surface area (Å²) >= 11 is 0. The van der Waals surface area contributed by atoms with Crippen molar-refractivity contribution in [1.29, 1.82) is 0 Å². The van der Waals surface area contributed by atoms with Crippen molar-refractivity contribution in [3.8, 4) is 11.1 Å². The Kier molecular flexibility index (Phi) is 4.89. The van der Waals surface area contributed by atoms with E-state index in [2.05, 4.69) is 45.2 Å². The number of anilines is 1. The number of rotatable bonds is 4. The van der Waals surface area contributed by atoms with Gasteiger partial charge in [0.25, 0.3) is 0 Å². The molecule has 6 heteroatoms. The summed E-state index contributed by atoms with van der Waals surface area (Å²) in [6, 6.07) is 18.4. The number of benzene rings is 1. The van der Waals surface area contributed by atoms with Gasteiger partial charge in [-0.05, 0) is 30.3 Å².